The normalized spacial score (nSPS) is 14.9. The Kier molecular flexibility index (Phi) is 22.2. The molecule has 0 aromatic heterocycles. The predicted molar refractivity (Wildman–Crippen MR) is 148 cm³/mol. The highest BCUT2D eigenvalue weighted by molar-refractivity contribution is 7.85. The van der Waals surface area contributed by atoms with Gasteiger partial charge in [-0.2, -0.15) is 8.42 Å². The van der Waals surface area contributed by atoms with Gasteiger partial charge in [0.2, 0.25) is 5.91 Å². The summed E-state index contributed by atoms with van der Waals surface area (Å²) in [5.41, 5.74) is 0. The summed E-state index contributed by atoms with van der Waals surface area (Å²) in [6.07, 6.45) is 22.5. The molecule has 4 N–H and O–H groups in total. The molecule has 7 nitrogen and oxygen atoms in total. The van der Waals surface area contributed by atoms with Crippen molar-refractivity contribution in [1.82, 2.24) is 5.32 Å². The van der Waals surface area contributed by atoms with E-state index in [1.54, 1.807) is 6.08 Å². The van der Waals surface area contributed by atoms with Gasteiger partial charge in [0.05, 0.1) is 17.9 Å². The molecule has 0 fully saturated rings. The number of carbonyl (C=O) groups is 1. The molecule has 0 aromatic carbocycles. The lowest BCUT2D eigenvalue weighted by atomic mass is 10.1. The van der Waals surface area contributed by atoms with Gasteiger partial charge in [-0.15, -0.1) is 0 Å². The first-order valence-electron chi connectivity index (χ1n) is 14.1. The van der Waals surface area contributed by atoms with Gasteiger partial charge in [0.15, 0.2) is 0 Å². The molecule has 0 bridgehead atoms. The number of amides is 1. The number of hydrogen-bond acceptors (Lipinski definition) is 5. The number of nitrogens with one attached hydrogen (secondary N) is 1. The molecule has 0 heterocycles. The molecule has 212 valence electrons. The standard InChI is InChI=1S/C28H53NO6S/c1-3-5-7-9-11-13-15-16-18-20-22-26(30)25(24-36(33,34)35)29-28(32)27(31)23-21-19-17-14-12-10-8-6-4-2/h10,12,20,22,25-27,30-31H,3-9,11,13-19,21,23-24H2,1-2H3,(H,29,32)(H,33,34,35)/b12-10-,22-20+. The Morgan fingerprint density at radius 1 is 0.750 bits per heavy atom. The van der Waals surface area contributed by atoms with E-state index in [1.807, 2.05) is 0 Å². The summed E-state index contributed by atoms with van der Waals surface area (Å²) < 4.78 is 32.0. The first-order valence-corrected chi connectivity index (χ1v) is 15.8. The summed E-state index contributed by atoms with van der Waals surface area (Å²) in [5.74, 6) is -1.56. The molecule has 36 heavy (non-hydrogen) atoms. The zero-order chi connectivity index (χ0) is 27.1. The maximum absolute atomic E-state index is 12.4. The summed E-state index contributed by atoms with van der Waals surface area (Å²) >= 11 is 0. The lowest BCUT2D eigenvalue weighted by Gasteiger charge is -2.22. The van der Waals surface area contributed by atoms with Crippen molar-refractivity contribution in [2.75, 3.05) is 5.75 Å². The minimum Gasteiger partial charge on any atom is -0.387 e. The van der Waals surface area contributed by atoms with Crippen molar-refractivity contribution < 1.29 is 28.0 Å². The first-order chi connectivity index (χ1) is 17.2. The minimum absolute atomic E-state index is 0.258. The fourth-order valence-corrected chi connectivity index (χ4v) is 4.70. The molecule has 0 aliphatic carbocycles. The van der Waals surface area contributed by atoms with Crippen LogP contribution in [0.2, 0.25) is 0 Å². The molecule has 0 aliphatic rings. The average molecular weight is 532 g/mol. The van der Waals surface area contributed by atoms with Crippen LogP contribution in [-0.2, 0) is 14.9 Å². The lowest BCUT2D eigenvalue weighted by molar-refractivity contribution is -0.130. The number of aliphatic hydroxyl groups excluding tert-OH is 2. The Bertz CT molecular complexity index is 692. The molecule has 0 aromatic rings. The van der Waals surface area contributed by atoms with Gasteiger partial charge in [-0.1, -0.05) is 109 Å². The van der Waals surface area contributed by atoms with E-state index in [9.17, 15) is 28.0 Å². The number of rotatable bonds is 24. The van der Waals surface area contributed by atoms with Gasteiger partial charge >= 0.3 is 0 Å². The summed E-state index contributed by atoms with van der Waals surface area (Å²) in [5, 5.41) is 23.0. The Morgan fingerprint density at radius 3 is 1.83 bits per heavy atom. The second kappa shape index (κ2) is 22.9. The zero-order valence-corrected chi connectivity index (χ0v) is 23.6. The molecule has 3 atom stereocenters. The fourth-order valence-electron chi connectivity index (χ4n) is 3.96. The Labute approximate surface area is 220 Å². The molecule has 0 aliphatic heterocycles. The van der Waals surface area contributed by atoms with Crippen molar-refractivity contribution in [1.29, 1.82) is 0 Å². The molecule has 0 rings (SSSR count). The summed E-state index contributed by atoms with van der Waals surface area (Å²) in [7, 11) is -4.42. The van der Waals surface area contributed by atoms with E-state index in [2.05, 4.69) is 31.3 Å². The number of allylic oxidation sites excluding steroid dienone is 3. The monoisotopic (exact) mass is 531 g/mol. The Balaban J connectivity index is 4.37. The summed E-state index contributed by atoms with van der Waals surface area (Å²) in [4.78, 5) is 12.4. The Hall–Kier alpha value is -1.22. The average Bonchev–Trinajstić information content (AvgIpc) is 2.82. The van der Waals surface area contributed by atoms with Crippen molar-refractivity contribution in [3.8, 4) is 0 Å². The van der Waals surface area contributed by atoms with E-state index in [-0.39, 0.29) is 6.42 Å². The van der Waals surface area contributed by atoms with Crippen LogP contribution in [-0.4, -0.2) is 53.1 Å². The summed E-state index contributed by atoms with van der Waals surface area (Å²) in [6, 6.07) is -1.23. The van der Waals surface area contributed by atoms with Crippen LogP contribution in [0.1, 0.15) is 123 Å². The SMILES string of the molecule is CCCC/C=C\CCCCCC(O)C(=O)NC(CS(=O)(=O)O)C(O)/C=C/CCCCCCCCCC. The highest BCUT2D eigenvalue weighted by Gasteiger charge is 2.27. The molecule has 0 spiro atoms. The van der Waals surface area contributed by atoms with Crippen LogP contribution < -0.4 is 5.32 Å². The molecule has 0 saturated carbocycles. The molecule has 0 radical (unpaired) electrons. The van der Waals surface area contributed by atoms with E-state index < -0.39 is 40.0 Å². The second-order valence-electron chi connectivity index (χ2n) is 9.81. The van der Waals surface area contributed by atoms with Gasteiger partial charge in [-0.25, -0.2) is 0 Å². The molecule has 1 amide bonds. The number of aliphatic hydroxyl groups is 2. The van der Waals surface area contributed by atoms with Crippen LogP contribution in [0.4, 0.5) is 0 Å². The third-order valence-electron chi connectivity index (χ3n) is 6.23. The van der Waals surface area contributed by atoms with E-state index in [4.69, 9.17) is 0 Å². The molecular weight excluding hydrogens is 478 g/mol. The van der Waals surface area contributed by atoms with Crippen LogP contribution in [0.15, 0.2) is 24.3 Å². The smallest absolute Gasteiger partial charge is 0.267 e. The number of hydrogen-bond donors (Lipinski definition) is 4. The zero-order valence-electron chi connectivity index (χ0n) is 22.7. The van der Waals surface area contributed by atoms with Gasteiger partial charge in [0, 0.05) is 0 Å². The minimum atomic E-state index is -4.42. The van der Waals surface area contributed by atoms with Gasteiger partial charge in [0.1, 0.15) is 6.10 Å². The number of unbranched alkanes of at least 4 members (excludes halogenated alkanes) is 13. The number of carbonyl (C=O) groups excluding carboxylic acids is 1. The van der Waals surface area contributed by atoms with E-state index in [0.29, 0.717) is 6.42 Å². The van der Waals surface area contributed by atoms with Gasteiger partial charge in [-0.3, -0.25) is 9.35 Å². The van der Waals surface area contributed by atoms with Crippen molar-refractivity contribution in [3.63, 3.8) is 0 Å². The predicted octanol–water partition coefficient (Wildman–Crippen LogP) is 5.86. The summed E-state index contributed by atoms with van der Waals surface area (Å²) in [6.45, 7) is 4.36. The van der Waals surface area contributed by atoms with E-state index in [1.165, 1.54) is 57.4 Å². The van der Waals surface area contributed by atoms with Crippen LogP contribution in [0.25, 0.3) is 0 Å². The van der Waals surface area contributed by atoms with Gasteiger partial charge in [-0.05, 0) is 38.5 Å². The van der Waals surface area contributed by atoms with Gasteiger partial charge in [0.25, 0.3) is 10.1 Å². The van der Waals surface area contributed by atoms with Crippen LogP contribution in [0, 0.1) is 0 Å². The highest BCUT2D eigenvalue weighted by atomic mass is 32.2. The van der Waals surface area contributed by atoms with Crippen molar-refractivity contribution in [2.45, 2.75) is 141 Å². The van der Waals surface area contributed by atoms with Crippen molar-refractivity contribution >= 4 is 16.0 Å². The topological polar surface area (TPSA) is 124 Å². The Morgan fingerprint density at radius 2 is 1.25 bits per heavy atom. The second-order valence-corrected chi connectivity index (χ2v) is 11.3. The quantitative estimate of drug-likeness (QED) is 0.0702. The first kappa shape index (κ1) is 34.8. The van der Waals surface area contributed by atoms with E-state index in [0.717, 1.165) is 44.9 Å². The third kappa shape index (κ3) is 22.0. The molecule has 0 saturated heterocycles. The molecule has 8 heteroatoms. The van der Waals surface area contributed by atoms with Gasteiger partial charge < -0.3 is 15.5 Å². The largest absolute Gasteiger partial charge is 0.387 e. The molecular formula is C28H53NO6S. The lowest BCUT2D eigenvalue weighted by Crippen LogP contribution is -2.50. The van der Waals surface area contributed by atoms with Crippen LogP contribution in [0.3, 0.4) is 0 Å². The fraction of sp³-hybridized carbons (Fsp3) is 0.821. The maximum Gasteiger partial charge on any atom is 0.267 e. The maximum atomic E-state index is 12.4. The third-order valence-corrected chi connectivity index (χ3v) is 7.01. The molecule has 3 unspecified atom stereocenters. The highest BCUT2D eigenvalue weighted by Crippen LogP contribution is 2.11. The van der Waals surface area contributed by atoms with Crippen molar-refractivity contribution in [3.05, 3.63) is 24.3 Å². The van der Waals surface area contributed by atoms with Crippen molar-refractivity contribution in [2.24, 2.45) is 0 Å². The van der Waals surface area contributed by atoms with Crippen LogP contribution in [0.5, 0.6) is 0 Å². The van der Waals surface area contributed by atoms with E-state index >= 15 is 0 Å². The van der Waals surface area contributed by atoms with Crippen LogP contribution >= 0.6 is 0 Å².